The Balaban J connectivity index is 0.000000288. The average Bonchev–Trinajstić information content (AvgIpc) is 3.88. The van der Waals surface area contributed by atoms with Gasteiger partial charge in [0.15, 0.2) is 0 Å². The molecule has 48 heavy (non-hydrogen) atoms. The second-order valence-electron chi connectivity index (χ2n) is 20.8. The van der Waals surface area contributed by atoms with Crippen molar-refractivity contribution in [2.24, 2.45) is 51.2 Å². The smallest absolute Gasteiger partial charge is 0.0328 e. The molecule has 0 radical (unpaired) electrons. The summed E-state index contributed by atoms with van der Waals surface area (Å²) in [5, 5.41) is 0. The Morgan fingerprint density at radius 1 is 0.521 bits per heavy atom. The van der Waals surface area contributed by atoms with Crippen LogP contribution in [0.15, 0.2) is 0 Å². The number of hydrogen-bond acceptors (Lipinski definition) is 0. The molecule has 0 amide bonds. The lowest BCUT2D eigenvalue weighted by molar-refractivity contribution is 0.281. The fourth-order valence-corrected chi connectivity index (χ4v) is 9.78. The second kappa shape index (κ2) is 23.5. The van der Waals surface area contributed by atoms with E-state index in [1.807, 2.05) is 0 Å². The second-order valence-corrected chi connectivity index (χ2v) is 20.8. The summed E-state index contributed by atoms with van der Waals surface area (Å²) >= 11 is 0. The summed E-state index contributed by atoms with van der Waals surface area (Å²) in [5.41, 5.74) is 2.79. The van der Waals surface area contributed by atoms with Gasteiger partial charge in [-0.2, -0.15) is 0 Å². The van der Waals surface area contributed by atoms with Crippen LogP contribution in [0.5, 0.6) is 0 Å². The Kier molecular flexibility index (Phi) is 22.6. The average molecular weight is 673 g/mol. The minimum atomic E-state index is 0.653. The van der Waals surface area contributed by atoms with Crippen molar-refractivity contribution in [2.45, 2.75) is 257 Å². The van der Waals surface area contributed by atoms with Gasteiger partial charge in [0, 0.05) is 0 Å². The third-order valence-corrected chi connectivity index (χ3v) is 14.9. The van der Waals surface area contributed by atoms with E-state index >= 15 is 0 Å². The molecular weight excluding hydrogens is 577 g/mol. The normalized spacial score (nSPS) is 28.1. The SMILES string of the molecule is CC(C)C1CCCC1.CCC1(C)CCCC1.CCC1(C)CCCC1.CCCC1CCCC1.C[C@H]1CCC(C)(C)C1.C[C@H]1CCCC1(C)C. The topological polar surface area (TPSA) is 0 Å². The largest absolute Gasteiger partial charge is 0.0654 e. The van der Waals surface area contributed by atoms with Gasteiger partial charge in [-0.15, -0.1) is 0 Å². The van der Waals surface area contributed by atoms with E-state index in [1.165, 1.54) is 167 Å². The molecule has 6 aliphatic rings. The molecule has 0 saturated heterocycles. The molecule has 0 aromatic carbocycles. The Morgan fingerprint density at radius 2 is 0.979 bits per heavy atom. The zero-order chi connectivity index (χ0) is 36.3. The maximum Gasteiger partial charge on any atom is -0.0328 e. The van der Waals surface area contributed by atoms with Crippen LogP contribution < -0.4 is 0 Å². The molecule has 0 bridgehead atoms. The van der Waals surface area contributed by atoms with E-state index in [2.05, 4.69) is 90.0 Å². The summed E-state index contributed by atoms with van der Waals surface area (Å²) in [7, 11) is 0. The van der Waals surface area contributed by atoms with Crippen LogP contribution in [0.1, 0.15) is 257 Å². The molecule has 0 unspecified atom stereocenters. The molecule has 2 atom stereocenters. The lowest BCUT2D eigenvalue weighted by Gasteiger charge is -2.22. The van der Waals surface area contributed by atoms with Gasteiger partial charge in [0.25, 0.3) is 0 Å². The van der Waals surface area contributed by atoms with Crippen molar-refractivity contribution in [3.63, 3.8) is 0 Å². The number of rotatable bonds is 5. The zero-order valence-corrected chi connectivity index (χ0v) is 36.3. The quantitative estimate of drug-likeness (QED) is 0.273. The van der Waals surface area contributed by atoms with Crippen LogP contribution >= 0.6 is 0 Å². The van der Waals surface area contributed by atoms with E-state index < -0.39 is 0 Å². The maximum atomic E-state index is 2.42. The molecule has 0 aliphatic heterocycles. The summed E-state index contributed by atoms with van der Waals surface area (Å²) in [6.45, 7) is 30.7. The first kappa shape index (κ1) is 46.0. The fourth-order valence-electron chi connectivity index (χ4n) is 9.78. The Hall–Kier alpha value is 0. The van der Waals surface area contributed by atoms with Gasteiger partial charge in [-0.3, -0.25) is 0 Å². The highest BCUT2D eigenvalue weighted by molar-refractivity contribution is 4.82. The number of hydrogen-bond donors (Lipinski definition) is 0. The van der Waals surface area contributed by atoms with Crippen LogP contribution in [-0.4, -0.2) is 0 Å². The van der Waals surface area contributed by atoms with Crippen molar-refractivity contribution in [1.29, 1.82) is 0 Å². The molecule has 0 N–H and O–H groups in total. The standard InChI is InChI=1S/6C8H16/c1-7-4-5-8(2,3)6-7;1-7-5-4-6-8(7,2)3;1-7(2)8-5-3-4-6-8;2*1-3-8(2)6-4-5-7-8;1-2-5-8-6-3-4-7-8/h2*7H,4-6H2,1-3H3;7-8H,3-6H2,1-2H3;2*3-7H2,1-2H3;8H,2-7H2,1H3/t2*7-;;;;/m00..../s1. The van der Waals surface area contributed by atoms with Gasteiger partial charge >= 0.3 is 0 Å². The molecular formula is C48H96. The molecule has 288 valence electrons. The minimum Gasteiger partial charge on any atom is -0.0654 e. The summed E-state index contributed by atoms with van der Waals surface area (Å²) in [6.07, 6.45) is 38.1. The first-order chi connectivity index (χ1) is 22.5. The molecule has 0 heteroatoms. The van der Waals surface area contributed by atoms with Gasteiger partial charge in [0.2, 0.25) is 0 Å². The highest BCUT2D eigenvalue weighted by atomic mass is 14.4. The highest BCUT2D eigenvalue weighted by Crippen LogP contribution is 2.43. The van der Waals surface area contributed by atoms with Crippen LogP contribution in [0.2, 0.25) is 0 Å². The van der Waals surface area contributed by atoms with E-state index in [1.54, 1.807) is 0 Å². The molecule has 0 spiro atoms. The van der Waals surface area contributed by atoms with Crippen molar-refractivity contribution < 1.29 is 0 Å². The first-order valence-electron chi connectivity index (χ1n) is 22.5. The predicted molar refractivity (Wildman–Crippen MR) is 221 cm³/mol. The molecule has 6 aliphatic carbocycles. The van der Waals surface area contributed by atoms with Gasteiger partial charge in [0.1, 0.15) is 0 Å². The Labute approximate surface area is 307 Å². The molecule has 0 aromatic rings. The van der Waals surface area contributed by atoms with Crippen molar-refractivity contribution >= 4 is 0 Å². The van der Waals surface area contributed by atoms with Crippen LogP contribution in [-0.2, 0) is 0 Å². The van der Waals surface area contributed by atoms with E-state index in [-0.39, 0.29) is 0 Å². The monoisotopic (exact) mass is 673 g/mol. The van der Waals surface area contributed by atoms with Gasteiger partial charge in [-0.1, -0.05) is 212 Å². The Bertz CT molecular complexity index is 717. The zero-order valence-electron chi connectivity index (χ0n) is 36.3. The van der Waals surface area contributed by atoms with Crippen molar-refractivity contribution in [2.75, 3.05) is 0 Å². The van der Waals surface area contributed by atoms with Gasteiger partial charge in [-0.25, -0.2) is 0 Å². The Morgan fingerprint density at radius 3 is 1.19 bits per heavy atom. The molecule has 6 saturated carbocycles. The third kappa shape index (κ3) is 19.6. The van der Waals surface area contributed by atoms with E-state index in [9.17, 15) is 0 Å². The fraction of sp³-hybridized carbons (Fsp3) is 1.00. The maximum absolute atomic E-state index is 2.42. The van der Waals surface area contributed by atoms with Gasteiger partial charge < -0.3 is 0 Å². The van der Waals surface area contributed by atoms with E-state index in [4.69, 9.17) is 0 Å². The third-order valence-electron chi connectivity index (χ3n) is 14.9. The van der Waals surface area contributed by atoms with Gasteiger partial charge in [0.05, 0.1) is 0 Å². The molecule has 6 rings (SSSR count). The summed E-state index contributed by atoms with van der Waals surface area (Å²) in [6, 6.07) is 0. The molecule has 0 aromatic heterocycles. The van der Waals surface area contributed by atoms with Crippen LogP contribution in [0.25, 0.3) is 0 Å². The molecule has 0 heterocycles. The van der Waals surface area contributed by atoms with Crippen molar-refractivity contribution in [1.82, 2.24) is 0 Å². The van der Waals surface area contributed by atoms with Crippen molar-refractivity contribution in [3.8, 4) is 0 Å². The van der Waals surface area contributed by atoms with Crippen molar-refractivity contribution in [3.05, 3.63) is 0 Å². The lowest BCUT2D eigenvalue weighted by atomic mass is 9.83. The van der Waals surface area contributed by atoms with Crippen LogP contribution in [0.4, 0.5) is 0 Å². The summed E-state index contributed by atoms with van der Waals surface area (Å²) in [4.78, 5) is 0. The predicted octanol–water partition coefficient (Wildman–Crippen LogP) is 17.4. The first-order valence-corrected chi connectivity index (χ1v) is 22.5. The van der Waals surface area contributed by atoms with Crippen LogP contribution in [0, 0.1) is 51.2 Å². The van der Waals surface area contributed by atoms with Crippen LogP contribution in [0.3, 0.4) is 0 Å². The molecule has 6 fully saturated rings. The summed E-state index contributed by atoms with van der Waals surface area (Å²) < 4.78 is 0. The van der Waals surface area contributed by atoms with Gasteiger partial charge in [-0.05, 0) is 96.2 Å². The van der Waals surface area contributed by atoms with E-state index in [0.29, 0.717) is 10.8 Å². The lowest BCUT2D eigenvalue weighted by Crippen LogP contribution is -2.13. The molecule has 0 nitrogen and oxygen atoms in total. The highest BCUT2D eigenvalue weighted by Gasteiger charge is 2.30. The minimum absolute atomic E-state index is 0.653. The van der Waals surface area contributed by atoms with E-state index in [0.717, 1.165) is 40.4 Å². The summed E-state index contributed by atoms with van der Waals surface area (Å²) in [5.74, 6) is 5.07.